The normalized spacial score (nSPS) is 14.8. The Bertz CT molecular complexity index is 250. The van der Waals surface area contributed by atoms with Gasteiger partial charge in [-0.05, 0) is 18.8 Å². The Balaban J connectivity index is 2.00. The molecule has 1 fully saturated rings. The SMILES string of the molecule is CN(CCC(=O)O)C(=O)CCOCC1CC1. The molecule has 0 aromatic heterocycles. The minimum atomic E-state index is -0.885. The van der Waals surface area contributed by atoms with Gasteiger partial charge in [-0.3, -0.25) is 9.59 Å². The second-order valence-electron chi connectivity index (χ2n) is 4.23. The third-order valence-electron chi connectivity index (χ3n) is 2.60. The molecule has 92 valence electrons. The van der Waals surface area contributed by atoms with Gasteiger partial charge in [-0.1, -0.05) is 0 Å². The molecule has 0 bridgehead atoms. The smallest absolute Gasteiger partial charge is 0.305 e. The minimum Gasteiger partial charge on any atom is -0.481 e. The van der Waals surface area contributed by atoms with Crippen LogP contribution in [0.15, 0.2) is 0 Å². The van der Waals surface area contributed by atoms with E-state index in [0.29, 0.717) is 18.9 Å². The molecule has 1 aliphatic rings. The molecule has 0 spiro atoms. The molecule has 0 radical (unpaired) electrons. The number of amides is 1. The van der Waals surface area contributed by atoms with Gasteiger partial charge in [0.2, 0.25) is 5.91 Å². The van der Waals surface area contributed by atoms with Gasteiger partial charge < -0.3 is 14.7 Å². The lowest BCUT2D eigenvalue weighted by Gasteiger charge is -2.15. The predicted molar refractivity (Wildman–Crippen MR) is 58.0 cm³/mol. The summed E-state index contributed by atoms with van der Waals surface area (Å²) >= 11 is 0. The number of rotatable bonds is 8. The number of carboxylic acids is 1. The molecule has 0 heterocycles. The number of carbonyl (C=O) groups excluding carboxylic acids is 1. The molecule has 1 amide bonds. The van der Waals surface area contributed by atoms with Crippen molar-refractivity contribution < 1.29 is 19.4 Å². The molecule has 16 heavy (non-hydrogen) atoms. The van der Waals surface area contributed by atoms with Gasteiger partial charge in [0.15, 0.2) is 0 Å². The maximum atomic E-state index is 11.5. The van der Waals surface area contributed by atoms with Gasteiger partial charge in [-0.2, -0.15) is 0 Å². The van der Waals surface area contributed by atoms with Crippen molar-refractivity contribution in [2.45, 2.75) is 25.7 Å². The summed E-state index contributed by atoms with van der Waals surface area (Å²) in [7, 11) is 1.62. The van der Waals surface area contributed by atoms with Gasteiger partial charge in [0.25, 0.3) is 0 Å². The van der Waals surface area contributed by atoms with Gasteiger partial charge >= 0.3 is 5.97 Å². The molecular weight excluding hydrogens is 210 g/mol. The summed E-state index contributed by atoms with van der Waals surface area (Å²) in [5.74, 6) is -0.235. The van der Waals surface area contributed by atoms with Crippen molar-refractivity contribution >= 4 is 11.9 Å². The van der Waals surface area contributed by atoms with Crippen LogP contribution in [0.4, 0.5) is 0 Å². The van der Waals surface area contributed by atoms with Crippen LogP contribution in [0.1, 0.15) is 25.7 Å². The van der Waals surface area contributed by atoms with E-state index in [1.54, 1.807) is 7.05 Å². The van der Waals surface area contributed by atoms with E-state index >= 15 is 0 Å². The lowest BCUT2D eigenvalue weighted by molar-refractivity contribution is -0.138. The van der Waals surface area contributed by atoms with Crippen molar-refractivity contribution in [3.8, 4) is 0 Å². The molecule has 0 aromatic rings. The van der Waals surface area contributed by atoms with E-state index in [1.165, 1.54) is 17.7 Å². The zero-order valence-corrected chi connectivity index (χ0v) is 9.65. The first-order chi connectivity index (χ1) is 7.59. The van der Waals surface area contributed by atoms with Gasteiger partial charge in [0, 0.05) is 20.2 Å². The van der Waals surface area contributed by atoms with Crippen LogP contribution in [0, 0.1) is 5.92 Å². The highest BCUT2D eigenvalue weighted by Gasteiger charge is 2.21. The van der Waals surface area contributed by atoms with Crippen LogP contribution in [-0.2, 0) is 14.3 Å². The molecule has 0 atom stereocenters. The topological polar surface area (TPSA) is 66.8 Å². The monoisotopic (exact) mass is 229 g/mol. The second-order valence-corrected chi connectivity index (χ2v) is 4.23. The summed E-state index contributed by atoms with van der Waals surface area (Å²) in [4.78, 5) is 23.2. The predicted octanol–water partition coefficient (Wildman–Crippen LogP) is 0.736. The summed E-state index contributed by atoms with van der Waals surface area (Å²) in [6.45, 7) is 1.45. The second kappa shape index (κ2) is 6.48. The van der Waals surface area contributed by atoms with E-state index in [4.69, 9.17) is 9.84 Å². The number of nitrogens with zero attached hydrogens (tertiary/aromatic N) is 1. The summed E-state index contributed by atoms with van der Waals surface area (Å²) in [6.07, 6.45) is 2.81. The van der Waals surface area contributed by atoms with Crippen LogP contribution in [0.3, 0.4) is 0 Å². The van der Waals surface area contributed by atoms with Crippen LogP contribution in [-0.4, -0.2) is 48.7 Å². The van der Waals surface area contributed by atoms with Crippen LogP contribution < -0.4 is 0 Å². The van der Waals surface area contributed by atoms with E-state index in [2.05, 4.69) is 0 Å². The highest BCUT2D eigenvalue weighted by atomic mass is 16.5. The molecule has 0 aliphatic heterocycles. The maximum absolute atomic E-state index is 11.5. The van der Waals surface area contributed by atoms with Gasteiger partial charge in [0.1, 0.15) is 0 Å². The zero-order chi connectivity index (χ0) is 12.0. The third-order valence-corrected chi connectivity index (χ3v) is 2.60. The van der Waals surface area contributed by atoms with E-state index in [9.17, 15) is 9.59 Å². The molecule has 1 aliphatic carbocycles. The molecule has 1 saturated carbocycles. The van der Waals surface area contributed by atoms with Gasteiger partial charge in [-0.15, -0.1) is 0 Å². The molecule has 5 nitrogen and oxygen atoms in total. The molecule has 1 N–H and O–H groups in total. The Kier molecular flexibility index (Phi) is 5.25. The van der Waals surface area contributed by atoms with Crippen molar-refractivity contribution in [3.63, 3.8) is 0 Å². The van der Waals surface area contributed by atoms with Gasteiger partial charge in [-0.25, -0.2) is 0 Å². The van der Waals surface area contributed by atoms with E-state index in [-0.39, 0.29) is 18.9 Å². The van der Waals surface area contributed by atoms with Crippen LogP contribution in [0.2, 0.25) is 0 Å². The van der Waals surface area contributed by atoms with E-state index in [1.807, 2.05) is 0 Å². The minimum absolute atomic E-state index is 0.00876. The number of aliphatic carboxylic acids is 1. The Labute approximate surface area is 95.4 Å². The Hall–Kier alpha value is -1.10. The average molecular weight is 229 g/mol. The fourth-order valence-electron chi connectivity index (χ4n) is 1.27. The third kappa shape index (κ3) is 5.70. The van der Waals surface area contributed by atoms with Crippen molar-refractivity contribution in [1.82, 2.24) is 4.90 Å². The average Bonchev–Trinajstić information content (AvgIpc) is 3.04. The molecule has 1 rings (SSSR count). The quantitative estimate of drug-likeness (QED) is 0.623. The van der Waals surface area contributed by atoms with E-state index < -0.39 is 5.97 Å². The molecular formula is C11H19NO4. The number of ether oxygens (including phenoxy) is 1. The first-order valence-corrected chi connectivity index (χ1v) is 5.63. The van der Waals surface area contributed by atoms with Crippen molar-refractivity contribution in [2.24, 2.45) is 5.92 Å². The fourth-order valence-corrected chi connectivity index (χ4v) is 1.27. The van der Waals surface area contributed by atoms with Crippen LogP contribution in [0.5, 0.6) is 0 Å². The summed E-state index contributed by atoms with van der Waals surface area (Å²) in [5.41, 5.74) is 0. The molecule has 0 unspecified atom stereocenters. The largest absolute Gasteiger partial charge is 0.481 e. The molecule has 5 heteroatoms. The zero-order valence-electron chi connectivity index (χ0n) is 9.65. The Morgan fingerprint density at radius 1 is 1.38 bits per heavy atom. The van der Waals surface area contributed by atoms with Crippen LogP contribution in [0.25, 0.3) is 0 Å². The molecule has 0 aromatic carbocycles. The first kappa shape index (κ1) is 13.0. The van der Waals surface area contributed by atoms with Gasteiger partial charge in [0.05, 0.1) is 19.4 Å². The number of hydrogen-bond acceptors (Lipinski definition) is 3. The maximum Gasteiger partial charge on any atom is 0.305 e. The highest BCUT2D eigenvalue weighted by molar-refractivity contribution is 5.76. The van der Waals surface area contributed by atoms with Crippen molar-refractivity contribution in [3.05, 3.63) is 0 Å². The Morgan fingerprint density at radius 2 is 2.06 bits per heavy atom. The number of carbonyl (C=O) groups is 2. The molecule has 0 saturated heterocycles. The summed E-state index contributed by atoms with van der Waals surface area (Å²) < 4.78 is 5.34. The standard InChI is InChI=1S/C11H19NO4/c1-12(6-4-11(14)15)10(13)5-7-16-8-9-2-3-9/h9H,2-8H2,1H3,(H,14,15). The van der Waals surface area contributed by atoms with Crippen LogP contribution >= 0.6 is 0 Å². The summed E-state index contributed by atoms with van der Waals surface area (Å²) in [5, 5.41) is 8.46. The lowest BCUT2D eigenvalue weighted by atomic mass is 10.3. The van der Waals surface area contributed by atoms with Crippen molar-refractivity contribution in [2.75, 3.05) is 26.8 Å². The number of carboxylic acid groups (broad SMARTS) is 1. The fraction of sp³-hybridized carbons (Fsp3) is 0.818. The number of hydrogen-bond donors (Lipinski definition) is 1. The summed E-state index contributed by atoms with van der Waals surface area (Å²) in [6, 6.07) is 0. The first-order valence-electron chi connectivity index (χ1n) is 5.63. The van der Waals surface area contributed by atoms with E-state index in [0.717, 1.165) is 6.61 Å². The lowest BCUT2D eigenvalue weighted by Crippen LogP contribution is -2.29. The van der Waals surface area contributed by atoms with Crippen molar-refractivity contribution in [1.29, 1.82) is 0 Å². The highest BCUT2D eigenvalue weighted by Crippen LogP contribution is 2.28. The Morgan fingerprint density at radius 3 is 2.62 bits per heavy atom.